The molecule has 3 rings (SSSR count). The second kappa shape index (κ2) is 7.77. The van der Waals surface area contributed by atoms with E-state index in [0.29, 0.717) is 43.0 Å². The zero-order chi connectivity index (χ0) is 18.5. The number of anilines is 1. The molecule has 1 fully saturated rings. The van der Waals surface area contributed by atoms with E-state index in [4.69, 9.17) is 0 Å². The molecule has 0 saturated carbocycles. The molecule has 1 N–H and O–H groups in total. The van der Waals surface area contributed by atoms with Crippen LogP contribution in [-0.2, 0) is 4.79 Å². The fourth-order valence-corrected chi connectivity index (χ4v) is 2.82. The zero-order valence-corrected chi connectivity index (χ0v) is 14.5. The van der Waals surface area contributed by atoms with E-state index >= 15 is 0 Å². The van der Waals surface area contributed by atoms with Crippen molar-refractivity contribution in [3.05, 3.63) is 59.4 Å². The predicted octanol–water partition coefficient (Wildman–Crippen LogP) is 1.56. The number of hydrogen-bond donors (Lipinski definition) is 1. The van der Waals surface area contributed by atoms with E-state index in [2.05, 4.69) is 10.3 Å². The molecule has 1 aliphatic rings. The third kappa shape index (κ3) is 4.05. The van der Waals surface area contributed by atoms with Gasteiger partial charge in [0.2, 0.25) is 6.41 Å². The van der Waals surface area contributed by atoms with Gasteiger partial charge in [-0.3, -0.25) is 19.4 Å². The van der Waals surface area contributed by atoms with Crippen LogP contribution >= 0.6 is 0 Å². The van der Waals surface area contributed by atoms with E-state index in [1.807, 2.05) is 25.1 Å². The predicted molar refractivity (Wildman–Crippen MR) is 96.9 cm³/mol. The summed E-state index contributed by atoms with van der Waals surface area (Å²) in [5.74, 6) is -0.503. The van der Waals surface area contributed by atoms with Crippen LogP contribution in [0.15, 0.2) is 42.7 Å². The third-order valence-corrected chi connectivity index (χ3v) is 4.27. The first-order valence-corrected chi connectivity index (χ1v) is 8.38. The van der Waals surface area contributed by atoms with Crippen molar-refractivity contribution in [2.75, 3.05) is 31.5 Å². The van der Waals surface area contributed by atoms with Gasteiger partial charge in [0, 0.05) is 44.3 Å². The Bertz CT molecular complexity index is 829. The highest BCUT2D eigenvalue weighted by Gasteiger charge is 2.22. The van der Waals surface area contributed by atoms with Crippen LogP contribution in [0.5, 0.6) is 0 Å². The van der Waals surface area contributed by atoms with Gasteiger partial charge in [0.1, 0.15) is 0 Å². The number of carbonyl (C=O) groups excluding carboxylic acids is 3. The molecule has 0 atom stereocenters. The molecule has 0 unspecified atom stereocenters. The van der Waals surface area contributed by atoms with E-state index in [1.54, 1.807) is 21.9 Å². The number of carbonyl (C=O) groups is 3. The molecule has 2 heterocycles. The van der Waals surface area contributed by atoms with Crippen molar-refractivity contribution >= 4 is 23.9 Å². The number of hydrogen-bond acceptors (Lipinski definition) is 4. The molecule has 1 aliphatic heterocycles. The number of aryl methyl sites for hydroxylation is 1. The molecule has 1 saturated heterocycles. The van der Waals surface area contributed by atoms with E-state index in [9.17, 15) is 14.4 Å². The summed E-state index contributed by atoms with van der Waals surface area (Å²) in [5, 5.41) is 2.81. The Hall–Kier alpha value is -3.22. The molecule has 0 bridgehead atoms. The van der Waals surface area contributed by atoms with Crippen LogP contribution in [0, 0.1) is 6.92 Å². The summed E-state index contributed by atoms with van der Waals surface area (Å²) in [6.07, 6.45) is 3.68. The summed E-state index contributed by atoms with van der Waals surface area (Å²) in [6.45, 7) is 3.90. The Morgan fingerprint density at radius 1 is 1.08 bits per heavy atom. The number of pyridine rings is 1. The number of amides is 3. The van der Waals surface area contributed by atoms with Crippen molar-refractivity contribution in [1.82, 2.24) is 14.8 Å². The lowest BCUT2D eigenvalue weighted by Crippen LogP contribution is -2.48. The minimum Gasteiger partial charge on any atom is -0.342 e. The highest BCUT2D eigenvalue weighted by atomic mass is 16.2. The summed E-state index contributed by atoms with van der Waals surface area (Å²) in [6, 6.07) is 9.03. The zero-order valence-electron chi connectivity index (χ0n) is 14.5. The molecule has 0 spiro atoms. The lowest BCUT2D eigenvalue weighted by molar-refractivity contribution is -0.119. The SMILES string of the molecule is Cc1cccc(NC(=O)c2cncc(C(=O)N3CCN(C=O)CC3)c2)c1. The van der Waals surface area contributed by atoms with Crippen LogP contribution < -0.4 is 5.32 Å². The van der Waals surface area contributed by atoms with Crippen LogP contribution in [0.25, 0.3) is 0 Å². The van der Waals surface area contributed by atoms with E-state index in [1.165, 1.54) is 12.4 Å². The molecule has 7 nitrogen and oxygen atoms in total. The van der Waals surface area contributed by atoms with Crippen LogP contribution in [-0.4, -0.2) is 59.2 Å². The van der Waals surface area contributed by atoms with E-state index in [0.717, 1.165) is 12.0 Å². The molecule has 7 heteroatoms. The third-order valence-electron chi connectivity index (χ3n) is 4.27. The molecular weight excluding hydrogens is 332 g/mol. The van der Waals surface area contributed by atoms with Crippen LogP contribution in [0.4, 0.5) is 5.69 Å². The topological polar surface area (TPSA) is 82.6 Å². The Morgan fingerprint density at radius 2 is 1.81 bits per heavy atom. The minimum absolute atomic E-state index is 0.187. The lowest BCUT2D eigenvalue weighted by atomic mass is 10.1. The van der Waals surface area contributed by atoms with Gasteiger partial charge in [0.05, 0.1) is 11.1 Å². The fourth-order valence-electron chi connectivity index (χ4n) is 2.82. The second-order valence-electron chi connectivity index (χ2n) is 6.22. The number of nitrogens with zero attached hydrogens (tertiary/aromatic N) is 3. The number of piperazine rings is 1. The van der Waals surface area contributed by atoms with Crippen molar-refractivity contribution in [3.8, 4) is 0 Å². The molecule has 2 aromatic rings. The molecule has 0 radical (unpaired) electrons. The van der Waals surface area contributed by atoms with Gasteiger partial charge in [-0.05, 0) is 30.7 Å². The first kappa shape index (κ1) is 17.6. The van der Waals surface area contributed by atoms with Crippen molar-refractivity contribution in [3.63, 3.8) is 0 Å². The average Bonchev–Trinajstić information content (AvgIpc) is 2.67. The normalized spacial score (nSPS) is 14.0. The molecule has 1 aromatic heterocycles. The fraction of sp³-hybridized carbons (Fsp3) is 0.263. The van der Waals surface area contributed by atoms with Crippen LogP contribution in [0.2, 0.25) is 0 Å². The number of nitrogens with one attached hydrogen (secondary N) is 1. The smallest absolute Gasteiger partial charge is 0.257 e. The van der Waals surface area contributed by atoms with Gasteiger partial charge in [0.15, 0.2) is 0 Å². The van der Waals surface area contributed by atoms with Gasteiger partial charge in [-0.25, -0.2) is 0 Å². The lowest BCUT2D eigenvalue weighted by Gasteiger charge is -2.32. The van der Waals surface area contributed by atoms with Gasteiger partial charge in [0.25, 0.3) is 11.8 Å². The van der Waals surface area contributed by atoms with Crippen LogP contribution in [0.3, 0.4) is 0 Å². The van der Waals surface area contributed by atoms with Crippen LogP contribution in [0.1, 0.15) is 26.3 Å². The molecular formula is C19H20N4O3. The average molecular weight is 352 g/mol. The summed E-state index contributed by atoms with van der Waals surface area (Å²) >= 11 is 0. The highest BCUT2D eigenvalue weighted by molar-refractivity contribution is 6.05. The van der Waals surface area contributed by atoms with Crippen molar-refractivity contribution in [1.29, 1.82) is 0 Å². The summed E-state index contributed by atoms with van der Waals surface area (Å²) < 4.78 is 0. The van der Waals surface area contributed by atoms with Gasteiger partial charge >= 0.3 is 0 Å². The molecule has 26 heavy (non-hydrogen) atoms. The summed E-state index contributed by atoms with van der Waals surface area (Å²) in [5.41, 5.74) is 2.42. The Balaban J connectivity index is 1.70. The first-order chi connectivity index (χ1) is 12.6. The molecule has 1 aromatic carbocycles. The van der Waals surface area contributed by atoms with E-state index < -0.39 is 0 Å². The Kier molecular flexibility index (Phi) is 5.26. The van der Waals surface area contributed by atoms with Crippen molar-refractivity contribution < 1.29 is 14.4 Å². The Labute approximate surface area is 151 Å². The van der Waals surface area contributed by atoms with Crippen molar-refractivity contribution in [2.24, 2.45) is 0 Å². The monoisotopic (exact) mass is 352 g/mol. The van der Waals surface area contributed by atoms with Gasteiger partial charge in [-0.2, -0.15) is 0 Å². The maximum Gasteiger partial charge on any atom is 0.257 e. The van der Waals surface area contributed by atoms with Gasteiger partial charge in [-0.1, -0.05) is 12.1 Å². The minimum atomic E-state index is -0.316. The number of aromatic nitrogens is 1. The summed E-state index contributed by atoms with van der Waals surface area (Å²) in [4.78, 5) is 43.2. The Morgan fingerprint density at radius 3 is 2.50 bits per heavy atom. The summed E-state index contributed by atoms with van der Waals surface area (Å²) in [7, 11) is 0. The maximum atomic E-state index is 12.6. The highest BCUT2D eigenvalue weighted by Crippen LogP contribution is 2.13. The largest absolute Gasteiger partial charge is 0.342 e. The van der Waals surface area contributed by atoms with E-state index in [-0.39, 0.29) is 11.8 Å². The number of rotatable bonds is 4. The number of benzene rings is 1. The second-order valence-corrected chi connectivity index (χ2v) is 6.22. The molecule has 134 valence electrons. The standard InChI is InChI=1S/C19H20N4O3/c1-14-3-2-4-17(9-14)21-18(25)15-10-16(12-20-11-15)19(26)23-7-5-22(13-24)6-8-23/h2-4,9-13H,5-8H2,1H3,(H,21,25). The van der Waals surface area contributed by atoms with Gasteiger partial charge < -0.3 is 15.1 Å². The van der Waals surface area contributed by atoms with Crippen molar-refractivity contribution in [2.45, 2.75) is 6.92 Å². The molecule has 3 amide bonds. The van der Waals surface area contributed by atoms with Gasteiger partial charge in [-0.15, -0.1) is 0 Å². The molecule has 0 aliphatic carbocycles. The first-order valence-electron chi connectivity index (χ1n) is 8.38. The quantitative estimate of drug-likeness (QED) is 0.847. The maximum absolute atomic E-state index is 12.6.